The molecule has 0 fully saturated rings. The first-order valence-corrected chi connectivity index (χ1v) is 9.59. The molecule has 0 aliphatic rings. The molecule has 1 amide bonds. The number of aryl methyl sites for hydroxylation is 1. The highest BCUT2D eigenvalue weighted by molar-refractivity contribution is 6.31. The fourth-order valence-corrected chi connectivity index (χ4v) is 3.42. The van der Waals surface area contributed by atoms with Crippen molar-refractivity contribution in [3.63, 3.8) is 0 Å². The largest absolute Gasteiger partial charge is 0.493 e. The van der Waals surface area contributed by atoms with Crippen molar-refractivity contribution in [3.05, 3.63) is 75.6 Å². The van der Waals surface area contributed by atoms with Gasteiger partial charge in [0.05, 0.1) is 32.0 Å². The second kappa shape index (κ2) is 9.01. The number of carbonyl (C=O) groups is 1. The van der Waals surface area contributed by atoms with Gasteiger partial charge in [-0.15, -0.1) is 0 Å². The highest BCUT2D eigenvalue weighted by Crippen LogP contribution is 2.27. The van der Waals surface area contributed by atoms with Crippen LogP contribution in [0.25, 0.3) is 0 Å². The van der Waals surface area contributed by atoms with E-state index >= 15 is 0 Å². The first-order chi connectivity index (χ1) is 13.9. The normalized spacial score (nSPS) is 10.7. The molecule has 29 heavy (non-hydrogen) atoms. The SMILES string of the molecule is COc1ccc(CNC(=O)c2c(C)nn(Cc3ccccc3Cl)c2C)cc1OC. The zero-order valence-corrected chi connectivity index (χ0v) is 17.7. The summed E-state index contributed by atoms with van der Waals surface area (Å²) < 4.78 is 12.4. The lowest BCUT2D eigenvalue weighted by atomic mass is 10.1. The molecule has 0 saturated carbocycles. The molecule has 0 saturated heterocycles. The predicted octanol–water partition coefficient (Wildman–Crippen LogP) is 4.15. The minimum atomic E-state index is -0.166. The summed E-state index contributed by atoms with van der Waals surface area (Å²) in [4.78, 5) is 12.8. The third-order valence-corrected chi connectivity index (χ3v) is 5.16. The molecule has 0 spiro atoms. The van der Waals surface area contributed by atoms with Crippen molar-refractivity contribution in [2.75, 3.05) is 14.2 Å². The molecule has 7 heteroatoms. The molecule has 0 aliphatic heterocycles. The van der Waals surface area contributed by atoms with E-state index in [0.717, 1.165) is 16.8 Å². The van der Waals surface area contributed by atoms with E-state index < -0.39 is 0 Å². The second-order valence-corrected chi connectivity index (χ2v) is 7.07. The molecular weight excluding hydrogens is 390 g/mol. The molecule has 1 N–H and O–H groups in total. The Morgan fingerprint density at radius 1 is 1.10 bits per heavy atom. The number of amides is 1. The summed E-state index contributed by atoms with van der Waals surface area (Å²) in [6.07, 6.45) is 0. The van der Waals surface area contributed by atoms with Crippen molar-refractivity contribution in [3.8, 4) is 11.5 Å². The third-order valence-electron chi connectivity index (χ3n) is 4.79. The van der Waals surface area contributed by atoms with Crippen molar-refractivity contribution in [1.82, 2.24) is 15.1 Å². The van der Waals surface area contributed by atoms with E-state index in [1.54, 1.807) is 14.2 Å². The van der Waals surface area contributed by atoms with Crippen LogP contribution in [0.4, 0.5) is 0 Å². The molecule has 0 atom stereocenters. The Kier molecular flexibility index (Phi) is 6.44. The standard InChI is InChI=1S/C22H24ClN3O3/c1-14-21(15(2)26(25-14)13-17-7-5-6-8-18(17)23)22(27)24-12-16-9-10-19(28-3)20(11-16)29-4/h5-11H,12-13H2,1-4H3,(H,24,27). The molecule has 0 bridgehead atoms. The average molecular weight is 414 g/mol. The monoisotopic (exact) mass is 413 g/mol. The van der Waals surface area contributed by atoms with E-state index in [1.807, 2.05) is 61.0 Å². The number of nitrogens with zero attached hydrogens (tertiary/aromatic N) is 2. The van der Waals surface area contributed by atoms with Crippen LogP contribution in [-0.4, -0.2) is 29.9 Å². The molecule has 3 rings (SSSR count). The summed E-state index contributed by atoms with van der Waals surface area (Å²) in [6, 6.07) is 13.2. The number of methoxy groups -OCH3 is 2. The summed E-state index contributed by atoms with van der Waals surface area (Å²) in [5.74, 6) is 1.11. The van der Waals surface area contributed by atoms with Crippen LogP contribution < -0.4 is 14.8 Å². The summed E-state index contributed by atoms with van der Waals surface area (Å²) in [5, 5.41) is 8.17. The Hall–Kier alpha value is -2.99. The second-order valence-electron chi connectivity index (χ2n) is 6.67. The lowest BCUT2D eigenvalue weighted by molar-refractivity contribution is 0.0949. The summed E-state index contributed by atoms with van der Waals surface area (Å²) in [7, 11) is 3.17. The number of benzene rings is 2. The highest BCUT2D eigenvalue weighted by atomic mass is 35.5. The van der Waals surface area contributed by atoms with Crippen LogP contribution in [0.5, 0.6) is 11.5 Å². The maximum Gasteiger partial charge on any atom is 0.255 e. The fourth-order valence-electron chi connectivity index (χ4n) is 3.23. The highest BCUT2D eigenvalue weighted by Gasteiger charge is 2.19. The Balaban J connectivity index is 1.75. The topological polar surface area (TPSA) is 65.4 Å². The molecule has 2 aromatic carbocycles. The van der Waals surface area contributed by atoms with E-state index in [0.29, 0.717) is 40.9 Å². The van der Waals surface area contributed by atoms with E-state index in [2.05, 4.69) is 10.4 Å². The molecule has 6 nitrogen and oxygen atoms in total. The lowest BCUT2D eigenvalue weighted by Gasteiger charge is -2.11. The number of nitrogens with one attached hydrogen (secondary N) is 1. The van der Waals surface area contributed by atoms with Crippen LogP contribution >= 0.6 is 11.6 Å². The maximum absolute atomic E-state index is 12.8. The molecule has 0 unspecified atom stereocenters. The van der Waals surface area contributed by atoms with Crippen LogP contribution in [0.3, 0.4) is 0 Å². The first-order valence-electron chi connectivity index (χ1n) is 9.21. The van der Waals surface area contributed by atoms with Gasteiger partial charge in [-0.3, -0.25) is 9.48 Å². The van der Waals surface area contributed by atoms with Crippen LogP contribution in [0, 0.1) is 13.8 Å². The number of halogens is 1. The van der Waals surface area contributed by atoms with Crippen molar-refractivity contribution < 1.29 is 14.3 Å². The van der Waals surface area contributed by atoms with Crippen LogP contribution in [-0.2, 0) is 13.1 Å². The van der Waals surface area contributed by atoms with Gasteiger partial charge in [-0.2, -0.15) is 5.10 Å². The molecule has 1 aromatic heterocycles. The number of aromatic nitrogens is 2. The predicted molar refractivity (Wildman–Crippen MR) is 113 cm³/mol. The van der Waals surface area contributed by atoms with Crippen LogP contribution in [0.15, 0.2) is 42.5 Å². The number of ether oxygens (including phenoxy) is 2. The van der Waals surface area contributed by atoms with Gasteiger partial charge < -0.3 is 14.8 Å². The van der Waals surface area contributed by atoms with Gasteiger partial charge >= 0.3 is 0 Å². The smallest absolute Gasteiger partial charge is 0.255 e. The average Bonchev–Trinajstić information content (AvgIpc) is 3.00. The molecule has 1 heterocycles. The van der Waals surface area contributed by atoms with Crippen LogP contribution in [0.1, 0.15) is 32.9 Å². The lowest BCUT2D eigenvalue weighted by Crippen LogP contribution is -2.24. The van der Waals surface area contributed by atoms with Gasteiger partial charge in [-0.1, -0.05) is 35.9 Å². The summed E-state index contributed by atoms with van der Waals surface area (Å²) >= 11 is 6.26. The number of carbonyl (C=O) groups excluding carboxylic acids is 1. The number of rotatable bonds is 7. The van der Waals surface area contributed by atoms with E-state index in [1.165, 1.54) is 0 Å². The van der Waals surface area contributed by atoms with Gasteiger partial charge in [0.1, 0.15) is 0 Å². The van der Waals surface area contributed by atoms with Crippen molar-refractivity contribution >= 4 is 17.5 Å². The third kappa shape index (κ3) is 4.54. The van der Waals surface area contributed by atoms with Crippen molar-refractivity contribution in [1.29, 1.82) is 0 Å². The Morgan fingerprint density at radius 2 is 1.83 bits per heavy atom. The van der Waals surface area contributed by atoms with Crippen LogP contribution in [0.2, 0.25) is 5.02 Å². The minimum Gasteiger partial charge on any atom is -0.493 e. The van der Waals surface area contributed by atoms with Gasteiger partial charge in [0.25, 0.3) is 5.91 Å². The quantitative estimate of drug-likeness (QED) is 0.632. The Bertz CT molecular complexity index is 1030. The number of hydrogen-bond acceptors (Lipinski definition) is 4. The van der Waals surface area contributed by atoms with Crippen molar-refractivity contribution in [2.45, 2.75) is 26.9 Å². The van der Waals surface area contributed by atoms with Gasteiger partial charge in [0, 0.05) is 17.3 Å². The van der Waals surface area contributed by atoms with Gasteiger partial charge in [-0.05, 0) is 43.2 Å². The Morgan fingerprint density at radius 3 is 2.52 bits per heavy atom. The maximum atomic E-state index is 12.8. The Labute approximate surface area is 175 Å². The van der Waals surface area contributed by atoms with Crippen molar-refractivity contribution in [2.24, 2.45) is 0 Å². The molecule has 0 aliphatic carbocycles. The molecule has 3 aromatic rings. The molecule has 0 radical (unpaired) electrons. The first kappa shape index (κ1) is 20.7. The van der Waals surface area contributed by atoms with Gasteiger partial charge in [0.15, 0.2) is 11.5 Å². The zero-order valence-electron chi connectivity index (χ0n) is 17.0. The van der Waals surface area contributed by atoms with E-state index in [-0.39, 0.29) is 5.91 Å². The van der Waals surface area contributed by atoms with Gasteiger partial charge in [0.2, 0.25) is 0 Å². The number of hydrogen-bond donors (Lipinski definition) is 1. The van der Waals surface area contributed by atoms with E-state index in [4.69, 9.17) is 21.1 Å². The molecular formula is C22H24ClN3O3. The summed E-state index contributed by atoms with van der Waals surface area (Å²) in [5.41, 5.74) is 3.93. The van der Waals surface area contributed by atoms with E-state index in [9.17, 15) is 4.79 Å². The molecule has 152 valence electrons. The van der Waals surface area contributed by atoms with Gasteiger partial charge in [-0.25, -0.2) is 0 Å². The fraction of sp³-hybridized carbons (Fsp3) is 0.273. The minimum absolute atomic E-state index is 0.166. The zero-order chi connectivity index (χ0) is 21.0. The summed E-state index contributed by atoms with van der Waals surface area (Å²) in [6.45, 7) is 4.60.